The van der Waals surface area contributed by atoms with Gasteiger partial charge in [0.25, 0.3) is 0 Å². The first-order valence-electron chi connectivity index (χ1n) is 14.3. The van der Waals surface area contributed by atoms with Crippen LogP contribution in [0.3, 0.4) is 0 Å². The van der Waals surface area contributed by atoms with E-state index in [2.05, 4.69) is 21.3 Å². The summed E-state index contributed by atoms with van der Waals surface area (Å²) in [5, 5.41) is 69.2. The maximum Gasteiger partial charge on any atom is 0.249 e. The molecule has 2 heterocycles. The van der Waals surface area contributed by atoms with E-state index in [1.807, 2.05) is 0 Å². The van der Waals surface area contributed by atoms with Gasteiger partial charge in [-0.25, -0.2) is 0 Å². The van der Waals surface area contributed by atoms with Gasteiger partial charge in [-0.1, -0.05) is 0 Å². The zero-order chi connectivity index (χ0) is 32.8. The minimum atomic E-state index is -1.54. The first-order chi connectivity index (χ1) is 20.7. The average Bonchev–Trinajstić information content (AvgIpc) is 2.94. The molecule has 3 rings (SSSR count). The van der Waals surface area contributed by atoms with Gasteiger partial charge >= 0.3 is 0 Å². The number of rotatable bonds is 12. The molecule has 1 amide bonds. The maximum atomic E-state index is 12.9. The Morgan fingerprint density at radius 1 is 1.14 bits per heavy atom. The standard InChI is InChI=1S/C25H48N10O9/c1-25(40)9-41-22(16(38)19(25)32-2)44-18-13(34-20(39)14(36)5-6-33-23(28)29)7-11(27)17(15(18)37)43-21-12(35-24(30)31)4-3-10(8-26)42-21/h3,11-19,21-22,32,36-38,40H,4-9,26-27H2,1-2H3,(H,34,39)(H4,28,29,33)(H4,30,31,35)/t11-,12+,13+,14-,15-,16+,17?,18-,19+,21+,22+,25-/m0/s1. The molecule has 0 aromatic heterocycles. The first kappa shape index (κ1) is 35.6. The lowest BCUT2D eigenvalue weighted by atomic mass is 9.83. The number of aliphatic hydroxyl groups is 4. The molecule has 12 atom stereocenters. The number of hydrogen-bond acceptors (Lipinski definition) is 14. The van der Waals surface area contributed by atoms with Crippen LogP contribution < -0.4 is 44.2 Å². The predicted molar refractivity (Wildman–Crippen MR) is 155 cm³/mol. The second kappa shape index (κ2) is 15.4. The molecule has 3 aliphatic rings. The summed E-state index contributed by atoms with van der Waals surface area (Å²) >= 11 is 0. The summed E-state index contributed by atoms with van der Waals surface area (Å²) in [6.45, 7) is 1.39. The third-order valence-corrected chi connectivity index (χ3v) is 7.84. The number of guanidine groups is 2. The Balaban J connectivity index is 1.84. The molecule has 0 aromatic carbocycles. The van der Waals surface area contributed by atoms with Gasteiger partial charge in [0, 0.05) is 12.6 Å². The van der Waals surface area contributed by atoms with Gasteiger partial charge in [0.15, 0.2) is 18.2 Å². The third-order valence-electron chi connectivity index (χ3n) is 7.84. The van der Waals surface area contributed by atoms with E-state index in [1.54, 1.807) is 13.1 Å². The quantitative estimate of drug-likeness (QED) is 0.0703. The highest BCUT2D eigenvalue weighted by atomic mass is 16.7. The molecule has 0 spiro atoms. The maximum absolute atomic E-state index is 12.9. The second-order valence-corrected chi connectivity index (χ2v) is 11.4. The van der Waals surface area contributed by atoms with E-state index in [9.17, 15) is 25.2 Å². The minimum Gasteiger partial charge on any atom is -0.466 e. The highest BCUT2D eigenvalue weighted by molar-refractivity contribution is 5.81. The Kier molecular flexibility index (Phi) is 12.5. The summed E-state index contributed by atoms with van der Waals surface area (Å²) in [5.41, 5.74) is 21.5. The van der Waals surface area contributed by atoms with Crippen LogP contribution in [0.25, 0.3) is 0 Å². The van der Waals surface area contributed by atoms with Crippen molar-refractivity contribution in [2.24, 2.45) is 22.9 Å². The molecule has 0 bridgehead atoms. The normalized spacial score (nSPS) is 38.0. The average molecular weight is 633 g/mol. The van der Waals surface area contributed by atoms with Gasteiger partial charge in [0.2, 0.25) is 12.2 Å². The lowest BCUT2D eigenvalue weighted by molar-refractivity contribution is -0.304. The highest BCUT2D eigenvalue weighted by Gasteiger charge is 2.52. The van der Waals surface area contributed by atoms with Crippen molar-refractivity contribution in [3.8, 4) is 0 Å². The summed E-state index contributed by atoms with van der Waals surface area (Å²) < 4.78 is 23.7. The Labute approximate surface area is 255 Å². The van der Waals surface area contributed by atoms with Crippen molar-refractivity contribution < 1.29 is 44.2 Å². The number of ether oxygens (including phenoxy) is 4. The number of aliphatic hydroxyl groups excluding tert-OH is 3. The Hall–Kier alpha value is -2.85. The van der Waals surface area contributed by atoms with E-state index >= 15 is 0 Å². The van der Waals surface area contributed by atoms with E-state index in [0.29, 0.717) is 12.2 Å². The van der Waals surface area contributed by atoms with Crippen LogP contribution in [-0.2, 0) is 23.7 Å². The molecule has 44 heavy (non-hydrogen) atoms. The summed E-state index contributed by atoms with van der Waals surface area (Å²) in [5.74, 6) is -1.02. The van der Waals surface area contributed by atoms with Crippen molar-refractivity contribution in [1.82, 2.24) is 21.3 Å². The number of carbonyl (C=O) groups is 1. The SMILES string of the molecule is CN[C@@H]1[C@@H](O)[C@@H](O[C@H]2[C@H](NC(=O)[C@@H](O)CCNC(=N)N)C[C@H](N)C(O[C@H]3OC(CN)=CC[C@H]3NC(=N)N)[C@@H]2O)OC[C@]1(C)O. The number of likely N-dealkylation sites (N-methyl/N-ethyl adjacent to an activating group) is 1. The van der Waals surface area contributed by atoms with Gasteiger partial charge < -0.3 is 83.6 Å². The lowest BCUT2D eigenvalue weighted by Gasteiger charge is -2.49. The molecule has 18 N–H and O–H groups in total. The van der Waals surface area contributed by atoms with E-state index in [-0.39, 0.29) is 44.5 Å². The fraction of sp³-hybridized carbons (Fsp3) is 0.800. The Morgan fingerprint density at radius 2 is 1.82 bits per heavy atom. The van der Waals surface area contributed by atoms with Gasteiger partial charge in [-0.15, -0.1) is 0 Å². The largest absolute Gasteiger partial charge is 0.466 e. The zero-order valence-electron chi connectivity index (χ0n) is 24.8. The number of nitrogens with one attached hydrogen (secondary N) is 6. The molecule has 2 aliphatic heterocycles. The molecular weight excluding hydrogens is 584 g/mol. The molecule has 0 aromatic rings. The van der Waals surface area contributed by atoms with E-state index < -0.39 is 78.8 Å². The predicted octanol–water partition coefficient (Wildman–Crippen LogP) is -5.94. The smallest absolute Gasteiger partial charge is 0.249 e. The van der Waals surface area contributed by atoms with E-state index in [0.717, 1.165) is 0 Å². The summed E-state index contributed by atoms with van der Waals surface area (Å²) in [7, 11) is 1.55. The van der Waals surface area contributed by atoms with Crippen molar-refractivity contribution in [3.05, 3.63) is 11.8 Å². The monoisotopic (exact) mass is 632 g/mol. The number of carbonyl (C=O) groups excluding carboxylic acids is 1. The fourth-order valence-electron chi connectivity index (χ4n) is 5.60. The molecule has 19 nitrogen and oxygen atoms in total. The topological polar surface area (TPSA) is 335 Å². The molecule has 19 heteroatoms. The molecule has 1 aliphatic carbocycles. The first-order valence-corrected chi connectivity index (χ1v) is 14.3. The molecule has 2 fully saturated rings. The third kappa shape index (κ3) is 8.87. The molecule has 1 saturated carbocycles. The molecular formula is C25H48N10O9. The zero-order valence-corrected chi connectivity index (χ0v) is 24.8. The molecule has 252 valence electrons. The minimum absolute atomic E-state index is 0.0103. The summed E-state index contributed by atoms with van der Waals surface area (Å²) in [6, 6.07) is -3.38. The van der Waals surface area contributed by atoms with Crippen molar-refractivity contribution in [3.63, 3.8) is 0 Å². The van der Waals surface area contributed by atoms with Gasteiger partial charge in [-0.3, -0.25) is 15.6 Å². The number of nitrogens with two attached hydrogens (primary N) is 4. The van der Waals surface area contributed by atoms with Crippen molar-refractivity contribution in [1.29, 1.82) is 10.8 Å². The summed E-state index contributed by atoms with van der Waals surface area (Å²) in [6.07, 6.45) is -7.32. The number of hydrogen-bond donors (Lipinski definition) is 14. The van der Waals surface area contributed by atoms with E-state index in [1.165, 1.54) is 6.92 Å². The van der Waals surface area contributed by atoms with Crippen LogP contribution in [0.1, 0.15) is 26.2 Å². The highest BCUT2D eigenvalue weighted by Crippen LogP contribution is 2.32. The van der Waals surface area contributed by atoms with Crippen LogP contribution in [-0.4, -0.2) is 138 Å². The summed E-state index contributed by atoms with van der Waals surface area (Å²) in [4.78, 5) is 12.9. The second-order valence-electron chi connectivity index (χ2n) is 11.4. The Morgan fingerprint density at radius 3 is 2.43 bits per heavy atom. The van der Waals surface area contributed by atoms with Gasteiger partial charge in [-0.2, -0.15) is 0 Å². The van der Waals surface area contributed by atoms with Crippen molar-refractivity contribution in [2.75, 3.05) is 26.7 Å². The van der Waals surface area contributed by atoms with Crippen LogP contribution in [0.2, 0.25) is 0 Å². The van der Waals surface area contributed by atoms with Crippen molar-refractivity contribution in [2.45, 2.75) is 99.1 Å². The van der Waals surface area contributed by atoms with E-state index in [4.69, 9.17) is 52.7 Å². The van der Waals surface area contributed by atoms with Crippen LogP contribution in [0.4, 0.5) is 0 Å². The van der Waals surface area contributed by atoms with Crippen LogP contribution >= 0.6 is 0 Å². The van der Waals surface area contributed by atoms with Gasteiger partial charge in [0.05, 0.1) is 31.3 Å². The molecule has 1 saturated heterocycles. The van der Waals surface area contributed by atoms with Gasteiger partial charge in [-0.05, 0) is 39.3 Å². The fourth-order valence-corrected chi connectivity index (χ4v) is 5.60. The van der Waals surface area contributed by atoms with Gasteiger partial charge in [0.1, 0.15) is 41.9 Å². The Bertz CT molecular complexity index is 1040. The number of amides is 1. The molecule has 0 radical (unpaired) electrons. The van der Waals surface area contributed by atoms with Crippen molar-refractivity contribution >= 4 is 17.8 Å². The molecule has 1 unspecified atom stereocenters. The lowest BCUT2D eigenvalue weighted by Crippen LogP contribution is -2.69. The van der Waals surface area contributed by atoms with Crippen LogP contribution in [0.15, 0.2) is 11.8 Å². The van der Waals surface area contributed by atoms with Crippen LogP contribution in [0.5, 0.6) is 0 Å². The van der Waals surface area contributed by atoms with Crippen LogP contribution in [0, 0.1) is 10.8 Å².